The first kappa shape index (κ1) is 19.1. The Morgan fingerprint density at radius 3 is 2.54 bits per heavy atom. The minimum absolute atomic E-state index is 0.236. The van der Waals surface area contributed by atoms with Gasteiger partial charge in [0.1, 0.15) is 6.07 Å². The molecule has 5 heteroatoms. The largest absolute Gasteiger partial charge is 0.364 e. The Hall–Kier alpha value is -3.65. The number of carbonyl (C=O) groups is 1. The number of nitriles is 1. The quantitative estimate of drug-likeness (QED) is 0.687. The van der Waals surface area contributed by atoms with Gasteiger partial charge in [0.25, 0.3) is 5.91 Å². The molecule has 0 aliphatic carbocycles. The molecule has 3 aromatic rings. The predicted octanol–water partition coefficient (Wildman–Crippen LogP) is 4.62. The third-order valence-electron chi connectivity index (χ3n) is 4.43. The van der Waals surface area contributed by atoms with Crippen LogP contribution in [0.2, 0.25) is 0 Å². The van der Waals surface area contributed by atoms with Gasteiger partial charge < -0.3 is 10.2 Å². The topological polar surface area (TPSA) is 69.0 Å². The second-order valence-corrected chi connectivity index (χ2v) is 6.75. The zero-order chi connectivity index (χ0) is 19.9. The summed E-state index contributed by atoms with van der Waals surface area (Å²) in [5.74, 6) is -0.291. The van der Waals surface area contributed by atoms with Gasteiger partial charge in [-0.1, -0.05) is 42.5 Å². The van der Waals surface area contributed by atoms with Gasteiger partial charge in [0, 0.05) is 18.8 Å². The van der Waals surface area contributed by atoms with Crippen LogP contribution in [0.15, 0.2) is 73.1 Å². The molecule has 0 fully saturated rings. The van der Waals surface area contributed by atoms with Gasteiger partial charge in [0.2, 0.25) is 0 Å². The van der Waals surface area contributed by atoms with E-state index in [0.29, 0.717) is 16.8 Å². The Labute approximate surface area is 165 Å². The summed E-state index contributed by atoms with van der Waals surface area (Å²) in [6.45, 7) is 4.94. The Kier molecular flexibility index (Phi) is 6.03. The molecule has 0 bridgehead atoms. The van der Waals surface area contributed by atoms with Gasteiger partial charge in [0.05, 0.1) is 28.7 Å². The highest BCUT2D eigenvalue weighted by Crippen LogP contribution is 2.22. The molecule has 2 aromatic carbocycles. The van der Waals surface area contributed by atoms with Crippen molar-refractivity contribution in [2.24, 2.45) is 0 Å². The molecule has 0 aliphatic heterocycles. The molecule has 1 amide bonds. The minimum Gasteiger partial charge on any atom is -0.364 e. The SMILES string of the molecule is CC(C)N(Cc1ccccc1)c1cncc(C(=O)Nc2ccccc2C#N)c1. The van der Waals surface area contributed by atoms with Crippen molar-refractivity contribution in [2.45, 2.75) is 26.4 Å². The Morgan fingerprint density at radius 2 is 1.82 bits per heavy atom. The minimum atomic E-state index is -0.291. The maximum absolute atomic E-state index is 12.7. The molecule has 0 aliphatic rings. The van der Waals surface area contributed by atoms with Crippen LogP contribution in [0.25, 0.3) is 0 Å². The smallest absolute Gasteiger partial charge is 0.257 e. The van der Waals surface area contributed by atoms with Crippen LogP contribution in [-0.4, -0.2) is 16.9 Å². The number of anilines is 2. The summed E-state index contributed by atoms with van der Waals surface area (Å²) in [5, 5.41) is 12.0. The van der Waals surface area contributed by atoms with Crippen molar-refractivity contribution in [3.63, 3.8) is 0 Å². The van der Waals surface area contributed by atoms with E-state index in [0.717, 1.165) is 12.2 Å². The van der Waals surface area contributed by atoms with E-state index >= 15 is 0 Å². The molecule has 0 saturated carbocycles. The van der Waals surface area contributed by atoms with Gasteiger partial charge in [0.15, 0.2) is 0 Å². The predicted molar refractivity (Wildman–Crippen MR) is 111 cm³/mol. The van der Waals surface area contributed by atoms with Crippen molar-refractivity contribution >= 4 is 17.3 Å². The number of nitrogens with one attached hydrogen (secondary N) is 1. The molecule has 1 heterocycles. The Morgan fingerprint density at radius 1 is 1.11 bits per heavy atom. The summed E-state index contributed by atoms with van der Waals surface area (Å²) in [7, 11) is 0. The highest BCUT2D eigenvalue weighted by Gasteiger charge is 2.15. The van der Waals surface area contributed by atoms with Crippen LogP contribution < -0.4 is 10.2 Å². The lowest BCUT2D eigenvalue weighted by molar-refractivity contribution is 0.102. The number of aromatic nitrogens is 1. The van der Waals surface area contributed by atoms with E-state index in [2.05, 4.69) is 47.3 Å². The van der Waals surface area contributed by atoms with E-state index < -0.39 is 0 Å². The number of hydrogen-bond acceptors (Lipinski definition) is 4. The molecule has 0 spiro atoms. The molecular formula is C23H22N4O. The zero-order valence-corrected chi connectivity index (χ0v) is 16.0. The molecule has 0 unspecified atom stereocenters. The average molecular weight is 370 g/mol. The number of nitrogens with zero attached hydrogens (tertiary/aromatic N) is 3. The van der Waals surface area contributed by atoms with Gasteiger partial charge in [-0.2, -0.15) is 5.26 Å². The number of carbonyl (C=O) groups excluding carboxylic acids is 1. The first-order valence-corrected chi connectivity index (χ1v) is 9.14. The number of pyridine rings is 1. The number of hydrogen-bond donors (Lipinski definition) is 1. The average Bonchev–Trinajstić information content (AvgIpc) is 2.73. The Bertz CT molecular complexity index is 993. The Balaban J connectivity index is 1.84. The lowest BCUT2D eigenvalue weighted by Crippen LogP contribution is -2.30. The first-order chi connectivity index (χ1) is 13.6. The summed E-state index contributed by atoms with van der Waals surface area (Å²) < 4.78 is 0. The number of benzene rings is 2. The molecule has 0 atom stereocenters. The molecular weight excluding hydrogens is 348 g/mol. The lowest BCUT2D eigenvalue weighted by atomic mass is 10.1. The molecule has 3 rings (SSSR count). The molecule has 140 valence electrons. The first-order valence-electron chi connectivity index (χ1n) is 9.14. The maximum Gasteiger partial charge on any atom is 0.257 e. The van der Waals surface area contributed by atoms with E-state index in [9.17, 15) is 10.1 Å². The van der Waals surface area contributed by atoms with Crippen molar-refractivity contribution in [1.29, 1.82) is 5.26 Å². The van der Waals surface area contributed by atoms with Gasteiger partial charge in [-0.3, -0.25) is 9.78 Å². The molecule has 0 radical (unpaired) electrons. The van der Waals surface area contributed by atoms with Gasteiger partial charge in [-0.25, -0.2) is 0 Å². The van der Waals surface area contributed by atoms with Crippen molar-refractivity contribution in [2.75, 3.05) is 10.2 Å². The fourth-order valence-electron chi connectivity index (χ4n) is 2.95. The molecule has 1 aromatic heterocycles. The molecule has 28 heavy (non-hydrogen) atoms. The maximum atomic E-state index is 12.7. The number of amides is 1. The van der Waals surface area contributed by atoms with E-state index in [1.807, 2.05) is 24.3 Å². The summed E-state index contributed by atoms with van der Waals surface area (Å²) in [5.41, 5.74) is 3.43. The van der Waals surface area contributed by atoms with Crippen LogP contribution in [0, 0.1) is 11.3 Å². The van der Waals surface area contributed by atoms with Crippen molar-refractivity contribution in [1.82, 2.24) is 4.98 Å². The van der Waals surface area contributed by atoms with Gasteiger partial charge in [-0.15, -0.1) is 0 Å². The van der Waals surface area contributed by atoms with E-state index in [1.165, 1.54) is 11.8 Å². The summed E-state index contributed by atoms with van der Waals surface area (Å²) in [4.78, 5) is 19.2. The number of rotatable bonds is 6. The van der Waals surface area contributed by atoms with Crippen LogP contribution in [0.3, 0.4) is 0 Å². The normalized spacial score (nSPS) is 10.4. The second-order valence-electron chi connectivity index (χ2n) is 6.75. The van der Waals surface area contributed by atoms with E-state index in [4.69, 9.17) is 0 Å². The molecule has 5 nitrogen and oxygen atoms in total. The summed E-state index contributed by atoms with van der Waals surface area (Å²) >= 11 is 0. The third-order valence-corrected chi connectivity index (χ3v) is 4.43. The fourth-order valence-corrected chi connectivity index (χ4v) is 2.95. The highest BCUT2D eigenvalue weighted by molar-refractivity contribution is 6.05. The van der Waals surface area contributed by atoms with Crippen LogP contribution in [0.5, 0.6) is 0 Å². The van der Waals surface area contributed by atoms with Gasteiger partial charge >= 0.3 is 0 Å². The summed E-state index contributed by atoms with van der Waals surface area (Å²) in [6.07, 6.45) is 3.30. The molecule has 1 N–H and O–H groups in total. The zero-order valence-electron chi connectivity index (χ0n) is 16.0. The van der Waals surface area contributed by atoms with E-state index in [1.54, 1.807) is 30.5 Å². The number of para-hydroxylation sites is 1. The highest BCUT2D eigenvalue weighted by atomic mass is 16.1. The van der Waals surface area contributed by atoms with Crippen molar-refractivity contribution in [3.8, 4) is 6.07 Å². The monoisotopic (exact) mass is 370 g/mol. The fraction of sp³-hybridized carbons (Fsp3) is 0.174. The van der Waals surface area contributed by atoms with Crippen LogP contribution >= 0.6 is 0 Å². The summed E-state index contributed by atoms with van der Waals surface area (Å²) in [6, 6.07) is 21.3. The van der Waals surface area contributed by atoms with Crippen LogP contribution in [0.4, 0.5) is 11.4 Å². The van der Waals surface area contributed by atoms with Crippen molar-refractivity contribution < 1.29 is 4.79 Å². The van der Waals surface area contributed by atoms with Gasteiger partial charge in [-0.05, 0) is 37.6 Å². The van der Waals surface area contributed by atoms with Crippen LogP contribution in [-0.2, 0) is 6.54 Å². The lowest BCUT2D eigenvalue weighted by Gasteiger charge is -2.29. The van der Waals surface area contributed by atoms with Crippen molar-refractivity contribution in [3.05, 3.63) is 89.7 Å². The second kappa shape index (κ2) is 8.83. The van der Waals surface area contributed by atoms with Crippen LogP contribution in [0.1, 0.15) is 35.3 Å². The standard InChI is InChI=1S/C23H22N4O/c1-17(2)27(16-18-8-4-3-5-9-18)21-12-20(14-25-15-21)23(28)26-22-11-7-6-10-19(22)13-24/h3-12,14-15,17H,16H2,1-2H3,(H,26,28). The van der Waals surface area contributed by atoms with E-state index in [-0.39, 0.29) is 11.9 Å². The molecule has 0 saturated heterocycles. The third kappa shape index (κ3) is 4.54.